The average molecular weight is 351 g/mol. The van der Waals surface area contributed by atoms with Crippen LogP contribution >= 0.6 is 11.6 Å². The zero-order valence-electron chi connectivity index (χ0n) is 13.7. The molecular formula is C17H19ClN2O4. The van der Waals surface area contributed by atoms with E-state index in [1.54, 1.807) is 24.3 Å². The van der Waals surface area contributed by atoms with Crippen molar-refractivity contribution >= 4 is 23.3 Å². The summed E-state index contributed by atoms with van der Waals surface area (Å²) in [4.78, 5) is 12.1. The number of hydrogen-bond donors (Lipinski definition) is 2. The van der Waals surface area contributed by atoms with E-state index in [4.69, 9.17) is 25.8 Å². The number of carbonyl (C=O) groups is 1. The van der Waals surface area contributed by atoms with Crippen molar-refractivity contribution in [1.82, 2.24) is 5.32 Å². The first kappa shape index (κ1) is 17.7. The maximum Gasteiger partial charge on any atom is 0.319 e. The number of rotatable bonds is 6. The van der Waals surface area contributed by atoms with Gasteiger partial charge in [0, 0.05) is 23.7 Å². The molecule has 0 aromatic heterocycles. The predicted octanol–water partition coefficient (Wildman–Crippen LogP) is 3.69. The molecule has 24 heavy (non-hydrogen) atoms. The molecule has 0 heterocycles. The fourth-order valence-corrected chi connectivity index (χ4v) is 2.37. The first-order valence-electron chi connectivity index (χ1n) is 7.16. The third kappa shape index (κ3) is 4.45. The quantitative estimate of drug-likeness (QED) is 0.833. The van der Waals surface area contributed by atoms with Gasteiger partial charge >= 0.3 is 6.03 Å². The summed E-state index contributed by atoms with van der Waals surface area (Å²) in [6.45, 7) is 0.358. The smallest absolute Gasteiger partial charge is 0.319 e. The standard InChI is InChI=1S/C17H19ClN2O4/c1-22-14-8-13(9-15(23-2)16(14)24-3)20-17(21)19-10-11-5-4-6-12(18)7-11/h4-9H,10H2,1-3H3,(H2,19,20,21). The van der Waals surface area contributed by atoms with E-state index in [1.807, 2.05) is 12.1 Å². The van der Waals surface area contributed by atoms with Gasteiger partial charge in [0.05, 0.1) is 27.0 Å². The Kier molecular flexibility index (Phi) is 6.14. The summed E-state index contributed by atoms with van der Waals surface area (Å²) in [7, 11) is 4.55. The Morgan fingerprint density at radius 1 is 1.04 bits per heavy atom. The van der Waals surface area contributed by atoms with Crippen LogP contribution in [0.15, 0.2) is 36.4 Å². The molecule has 6 nitrogen and oxygen atoms in total. The number of urea groups is 1. The second-order valence-corrected chi connectivity index (χ2v) is 5.29. The summed E-state index contributed by atoms with van der Waals surface area (Å²) < 4.78 is 15.7. The fraction of sp³-hybridized carbons (Fsp3) is 0.235. The van der Waals surface area contributed by atoms with Gasteiger partial charge in [-0.3, -0.25) is 0 Å². The monoisotopic (exact) mass is 350 g/mol. The van der Waals surface area contributed by atoms with Crippen molar-refractivity contribution in [3.8, 4) is 17.2 Å². The van der Waals surface area contributed by atoms with Gasteiger partial charge in [-0.25, -0.2) is 4.79 Å². The number of ether oxygens (including phenoxy) is 3. The van der Waals surface area contributed by atoms with E-state index >= 15 is 0 Å². The van der Waals surface area contributed by atoms with Crippen LogP contribution in [0.25, 0.3) is 0 Å². The van der Waals surface area contributed by atoms with Gasteiger partial charge in [-0.15, -0.1) is 0 Å². The maximum atomic E-state index is 12.1. The highest BCUT2D eigenvalue weighted by Crippen LogP contribution is 2.39. The molecule has 2 rings (SSSR count). The molecule has 2 aromatic rings. The van der Waals surface area contributed by atoms with E-state index in [2.05, 4.69) is 10.6 Å². The van der Waals surface area contributed by atoms with Crippen molar-refractivity contribution in [3.05, 3.63) is 47.0 Å². The number of halogens is 1. The fourth-order valence-electron chi connectivity index (χ4n) is 2.16. The van der Waals surface area contributed by atoms with Crippen LogP contribution in [-0.2, 0) is 6.54 Å². The molecule has 0 saturated heterocycles. The lowest BCUT2D eigenvalue weighted by atomic mass is 10.2. The summed E-state index contributed by atoms with van der Waals surface area (Å²) in [5.74, 6) is 1.38. The minimum Gasteiger partial charge on any atom is -0.493 e. The third-order valence-electron chi connectivity index (χ3n) is 3.26. The molecule has 0 aliphatic carbocycles. The number of amides is 2. The highest BCUT2D eigenvalue weighted by atomic mass is 35.5. The van der Waals surface area contributed by atoms with Crippen LogP contribution in [-0.4, -0.2) is 27.4 Å². The van der Waals surface area contributed by atoms with Crippen molar-refractivity contribution < 1.29 is 19.0 Å². The second-order valence-electron chi connectivity index (χ2n) is 4.85. The minimum absolute atomic E-state index is 0.357. The Morgan fingerprint density at radius 3 is 2.25 bits per heavy atom. The largest absolute Gasteiger partial charge is 0.493 e. The van der Waals surface area contributed by atoms with E-state index in [9.17, 15) is 4.79 Å². The molecule has 0 bridgehead atoms. The first-order chi connectivity index (χ1) is 11.6. The summed E-state index contributed by atoms with van der Waals surface area (Å²) in [6, 6.07) is 10.2. The van der Waals surface area contributed by atoms with Crippen molar-refractivity contribution in [2.24, 2.45) is 0 Å². The van der Waals surface area contributed by atoms with Gasteiger partial charge in [0.1, 0.15) is 0 Å². The molecule has 2 N–H and O–H groups in total. The van der Waals surface area contributed by atoms with Crippen molar-refractivity contribution in [2.45, 2.75) is 6.54 Å². The number of nitrogens with one attached hydrogen (secondary N) is 2. The zero-order valence-corrected chi connectivity index (χ0v) is 14.4. The lowest BCUT2D eigenvalue weighted by Crippen LogP contribution is -2.28. The maximum absolute atomic E-state index is 12.1. The lowest BCUT2D eigenvalue weighted by Gasteiger charge is -2.15. The number of anilines is 1. The lowest BCUT2D eigenvalue weighted by molar-refractivity contribution is 0.251. The van der Waals surface area contributed by atoms with E-state index in [-0.39, 0.29) is 6.03 Å². The summed E-state index contributed by atoms with van der Waals surface area (Å²) in [6.07, 6.45) is 0. The van der Waals surface area contributed by atoms with Crippen molar-refractivity contribution in [2.75, 3.05) is 26.6 Å². The predicted molar refractivity (Wildman–Crippen MR) is 93.4 cm³/mol. The van der Waals surface area contributed by atoms with Gasteiger partial charge < -0.3 is 24.8 Å². The number of benzene rings is 2. The summed E-state index contributed by atoms with van der Waals surface area (Å²) in [5, 5.41) is 6.11. The SMILES string of the molecule is COc1cc(NC(=O)NCc2cccc(Cl)c2)cc(OC)c1OC. The molecule has 0 saturated carbocycles. The molecule has 2 aromatic carbocycles. The van der Waals surface area contributed by atoms with Crippen LogP contribution in [0.4, 0.5) is 10.5 Å². The van der Waals surface area contributed by atoms with Crippen LogP contribution in [0.1, 0.15) is 5.56 Å². The zero-order chi connectivity index (χ0) is 17.5. The van der Waals surface area contributed by atoms with E-state index in [0.29, 0.717) is 34.5 Å². The van der Waals surface area contributed by atoms with Gasteiger partial charge in [-0.2, -0.15) is 0 Å². The van der Waals surface area contributed by atoms with Gasteiger partial charge in [0.25, 0.3) is 0 Å². The van der Waals surface area contributed by atoms with Crippen LogP contribution in [0.5, 0.6) is 17.2 Å². The molecule has 0 unspecified atom stereocenters. The minimum atomic E-state index is -0.357. The van der Waals surface area contributed by atoms with Crippen LogP contribution in [0.3, 0.4) is 0 Å². The molecule has 128 valence electrons. The van der Waals surface area contributed by atoms with Crippen LogP contribution in [0.2, 0.25) is 5.02 Å². The van der Waals surface area contributed by atoms with Gasteiger partial charge in [-0.05, 0) is 17.7 Å². The van der Waals surface area contributed by atoms with E-state index < -0.39 is 0 Å². The van der Waals surface area contributed by atoms with Crippen LogP contribution < -0.4 is 24.8 Å². The average Bonchev–Trinajstić information content (AvgIpc) is 2.59. The molecule has 0 aliphatic rings. The summed E-state index contributed by atoms with van der Waals surface area (Å²) in [5.41, 5.74) is 1.43. The summed E-state index contributed by atoms with van der Waals surface area (Å²) >= 11 is 5.92. The third-order valence-corrected chi connectivity index (χ3v) is 3.50. The first-order valence-corrected chi connectivity index (χ1v) is 7.54. The number of hydrogen-bond acceptors (Lipinski definition) is 4. The Labute approximate surface area is 145 Å². The van der Waals surface area contributed by atoms with Gasteiger partial charge in [0.15, 0.2) is 11.5 Å². The van der Waals surface area contributed by atoms with Crippen molar-refractivity contribution in [3.63, 3.8) is 0 Å². The number of carbonyl (C=O) groups excluding carboxylic acids is 1. The Morgan fingerprint density at radius 2 is 1.71 bits per heavy atom. The second kappa shape index (κ2) is 8.31. The highest BCUT2D eigenvalue weighted by molar-refractivity contribution is 6.30. The highest BCUT2D eigenvalue weighted by Gasteiger charge is 2.14. The van der Waals surface area contributed by atoms with Crippen LogP contribution in [0, 0.1) is 0 Å². The van der Waals surface area contributed by atoms with Crippen molar-refractivity contribution in [1.29, 1.82) is 0 Å². The molecule has 7 heteroatoms. The van der Waals surface area contributed by atoms with Gasteiger partial charge in [-0.1, -0.05) is 23.7 Å². The molecule has 0 atom stereocenters. The number of methoxy groups -OCH3 is 3. The van der Waals surface area contributed by atoms with E-state index in [0.717, 1.165) is 5.56 Å². The van der Waals surface area contributed by atoms with Gasteiger partial charge in [0.2, 0.25) is 5.75 Å². The molecule has 0 fully saturated rings. The molecular weight excluding hydrogens is 332 g/mol. The molecule has 0 aliphatic heterocycles. The molecule has 0 radical (unpaired) electrons. The molecule has 2 amide bonds. The Hall–Kier alpha value is -2.60. The normalized spacial score (nSPS) is 10.0. The Balaban J connectivity index is 2.05. The topological polar surface area (TPSA) is 68.8 Å². The molecule has 0 spiro atoms. The van der Waals surface area contributed by atoms with E-state index in [1.165, 1.54) is 21.3 Å². The Bertz CT molecular complexity index is 696.